The van der Waals surface area contributed by atoms with Gasteiger partial charge in [-0.1, -0.05) is 19.3 Å². The number of aliphatic hydroxyl groups is 1. The Balaban J connectivity index is 2.07. The summed E-state index contributed by atoms with van der Waals surface area (Å²) < 4.78 is 0. The summed E-state index contributed by atoms with van der Waals surface area (Å²) in [5.74, 6) is 5.12. The van der Waals surface area contributed by atoms with Gasteiger partial charge in [0.25, 0.3) is 5.91 Å². The minimum absolute atomic E-state index is 0.186. The number of pyridine rings is 1. The van der Waals surface area contributed by atoms with Crippen molar-refractivity contribution in [1.82, 2.24) is 10.3 Å². The maximum absolute atomic E-state index is 12.2. The van der Waals surface area contributed by atoms with Crippen LogP contribution in [0.4, 0.5) is 5.69 Å². The molecule has 2 rings (SSSR count). The number of nitrogen functional groups attached to an aromatic ring is 1. The van der Waals surface area contributed by atoms with Crippen LogP contribution >= 0.6 is 0 Å². The number of rotatable bonds is 3. The monoisotopic (exact) mass is 264 g/mol. The highest BCUT2D eigenvalue weighted by Crippen LogP contribution is 2.19. The summed E-state index contributed by atoms with van der Waals surface area (Å²) in [6.07, 6.45) is 7.26. The molecule has 6 heteroatoms. The molecule has 0 spiro atoms. The van der Waals surface area contributed by atoms with Gasteiger partial charge in [-0.3, -0.25) is 15.6 Å². The van der Waals surface area contributed by atoms with Gasteiger partial charge >= 0.3 is 0 Å². The van der Waals surface area contributed by atoms with Gasteiger partial charge in [-0.2, -0.15) is 0 Å². The van der Waals surface area contributed by atoms with Crippen LogP contribution in [-0.4, -0.2) is 28.1 Å². The quantitative estimate of drug-likeness (QED) is 0.367. The van der Waals surface area contributed by atoms with Gasteiger partial charge in [-0.25, -0.2) is 0 Å². The second-order valence-corrected chi connectivity index (χ2v) is 4.85. The van der Waals surface area contributed by atoms with E-state index in [2.05, 4.69) is 15.7 Å². The minimum Gasteiger partial charge on any atom is -0.391 e. The van der Waals surface area contributed by atoms with Gasteiger partial charge in [0.05, 0.1) is 29.6 Å². The number of nitrogens with one attached hydrogen (secondary N) is 2. The fourth-order valence-corrected chi connectivity index (χ4v) is 2.41. The lowest BCUT2D eigenvalue weighted by atomic mass is 10.1. The van der Waals surface area contributed by atoms with Crippen molar-refractivity contribution in [3.05, 3.63) is 24.0 Å². The smallest absolute Gasteiger partial charge is 0.253 e. The van der Waals surface area contributed by atoms with E-state index in [1.54, 1.807) is 12.3 Å². The first-order chi connectivity index (χ1) is 9.22. The molecule has 1 amide bonds. The van der Waals surface area contributed by atoms with Gasteiger partial charge < -0.3 is 15.8 Å². The van der Waals surface area contributed by atoms with E-state index in [1.807, 2.05) is 0 Å². The first kappa shape index (κ1) is 13.8. The van der Waals surface area contributed by atoms with Gasteiger partial charge in [-0.05, 0) is 18.9 Å². The van der Waals surface area contributed by atoms with Crippen molar-refractivity contribution in [2.75, 3.05) is 5.43 Å². The van der Waals surface area contributed by atoms with Gasteiger partial charge in [0.15, 0.2) is 0 Å². The number of anilines is 1. The van der Waals surface area contributed by atoms with Crippen molar-refractivity contribution in [2.24, 2.45) is 5.84 Å². The van der Waals surface area contributed by atoms with E-state index in [-0.39, 0.29) is 11.9 Å². The first-order valence-corrected chi connectivity index (χ1v) is 6.62. The van der Waals surface area contributed by atoms with Crippen LogP contribution in [0.2, 0.25) is 0 Å². The zero-order chi connectivity index (χ0) is 13.7. The maximum Gasteiger partial charge on any atom is 0.253 e. The lowest BCUT2D eigenvalue weighted by molar-refractivity contribution is 0.0819. The molecule has 1 heterocycles. The lowest BCUT2D eigenvalue weighted by Crippen LogP contribution is -2.42. The Morgan fingerprint density at radius 3 is 2.95 bits per heavy atom. The Morgan fingerprint density at radius 2 is 2.16 bits per heavy atom. The molecule has 1 aromatic rings. The molecule has 1 aliphatic carbocycles. The molecule has 1 fully saturated rings. The van der Waals surface area contributed by atoms with E-state index in [1.165, 1.54) is 6.20 Å². The molecule has 6 nitrogen and oxygen atoms in total. The normalized spacial score (nSPS) is 23.5. The van der Waals surface area contributed by atoms with Crippen molar-refractivity contribution in [3.8, 4) is 0 Å². The number of aliphatic hydroxyl groups excluding tert-OH is 1. The minimum atomic E-state index is -0.470. The fourth-order valence-electron chi connectivity index (χ4n) is 2.41. The summed E-state index contributed by atoms with van der Waals surface area (Å²) >= 11 is 0. The standard InChI is InChI=1S/C13H20N4O2/c14-17-11-8-15-7-6-9(11)13(19)16-10-4-2-1-3-5-12(10)18/h6-8,10,12,17-18H,1-5,14H2,(H,16,19). The largest absolute Gasteiger partial charge is 0.391 e. The van der Waals surface area contributed by atoms with Crippen LogP contribution in [-0.2, 0) is 0 Å². The van der Waals surface area contributed by atoms with Crippen LogP contribution in [0.15, 0.2) is 18.5 Å². The summed E-state index contributed by atoms with van der Waals surface area (Å²) in [6.45, 7) is 0. The summed E-state index contributed by atoms with van der Waals surface area (Å²) in [4.78, 5) is 16.1. The molecule has 0 bridgehead atoms. The average Bonchev–Trinajstić information content (AvgIpc) is 2.64. The van der Waals surface area contributed by atoms with Crippen LogP contribution in [0.25, 0.3) is 0 Å². The lowest BCUT2D eigenvalue weighted by Gasteiger charge is -2.22. The molecular weight excluding hydrogens is 244 g/mol. The summed E-state index contributed by atoms with van der Waals surface area (Å²) in [7, 11) is 0. The predicted molar refractivity (Wildman–Crippen MR) is 72.4 cm³/mol. The SMILES string of the molecule is NNc1cnccc1C(=O)NC1CCCCCC1O. The van der Waals surface area contributed by atoms with Crippen LogP contribution in [0, 0.1) is 0 Å². The first-order valence-electron chi connectivity index (χ1n) is 6.62. The fraction of sp³-hybridized carbons (Fsp3) is 0.538. The number of amides is 1. The van der Waals surface area contributed by atoms with E-state index in [9.17, 15) is 9.90 Å². The Hall–Kier alpha value is -1.66. The molecule has 2 unspecified atom stereocenters. The number of carbonyl (C=O) groups excluding carboxylic acids is 1. The number of hydrogen-bond acceptors (Lipinski definition) is 5. The molecule has 0 radical (unpaired) electrons. The number of aromatic nitrogens is 1. The number of nitrogens with zero attached hydrogens (tertiary/aromatic N) is 1. The predicted octanol–water partition coefficient (Wildman–Crippen LogP) is 0.791. The molecule has 0 aliphatic heterocycles. The van der Waals surface area contributed by atoms with Gasteiger partial charge in [0.1, 0.15) is 0 Å². The zero-order valence-corrected chi connectivity index (χ0v) is 10.8. The second-order valence-electron chi connectivity index (χ2n) is 4.85. The van der Waals surface area contributed by atoms with E-state index in [4.69, 9.17) is 5.84 Å². The Labute approximate surface area is 112 Å². The summed E-state index contributed by atoms with van der Waals surface area (Å²) in [5.41, 5.74) is 3.37. The average molecular weight is 264 g/mol. The molecule has 0 saturated heterocycles. The molecule has 104 valence electrons. The number of hydrazine groups is 1. The number of nitrogens with two attached hydrogens (primary N) is 1. The molecule has 1 saturated carbocycles. The number of carbonyl (C=O) groups is 1. The highest BCUT2D eigenvalue weighted by molar-refractivity contribution is 5.99. The third-order valence-electron chi connectivity index (χ3n) is 3.52. The second kappa shape index (κ2) is 6.49. The molecule has 0 aromatic carbocycles. The maximum atomic E-state index is 12.2. The third-order valence-corrected chi connectivity index (χ3v) is 3.52. The zero-order valence-electron chi connectivity index (χ0n) is 10.8. The molecule has 1 aliphatic rings. The molecule has 19 heavy (non-hydrogen) atoms. The van der Waals surface area contributed by atoms with Crippen molar-refractivity contribution in [3.63, 3.8) is 0 Å². The number of hydrogen-bond donors (Lipinski definition) is 4. The van der Waals surface area contributed by atoms with Crippen molar-refractivity contribution in [2.45, 2.75) is 44.2 Å². The Bertz CT molecular complexity index is 438. The Morgan fingerprint density at radius 1 is 1.37 bits per heavy atom. The third kappa shape index (κ3) is 3.42. The van der Waals surface area contributed by atoms with E-state index < -0.39 is 6.10 Å². The van der Waals surface area contributed by atoms with Gasteiger partial charge in [0, 0.05) is 6.20 Å². The molecule has 2 atom stereocenters. The van der Waals surface area contributed by atoms with Crippen molar-refractivity contribution in [1.29, 1.82) is 0 Å². The Kier molecular flexibility index (Phi) is 4.70. The van der Waals surface area contributed by atoms with E-state index in [0.717, 1.165) is 32.1 Å². The van der Waals surface area contributed by atoms with E-state index >= 15 is 0 Å². The van der Waals surface area contributed by atoms with Gasteiger partial charge in [-0.15, -0.1) is 0 Å². The van der Waals surface area contributed by atoms with Crippen LogP contribution in [0.3, 0.4) is 0 Å². The van der Waals surface area contributed by atoms with Crippen LogP contribution in [0.1, 0.15) is 42.5 Å². The summed E-state index contributed by atoms with van der Waals surface area (Å²) in [6, 6.07) is 1.42. The van der Waals surface area contributed by atoms with Crippen molar-refractivity contribution < 1.29 is 9.90 Å². The van der Waals surface area contributed by atoms with E-state index in [0.29, 0.717) is 11.3 Å². The topological polar surface area (TPSA) is 100 Å². The highest BCUT2D eigenvalue weighted by atomic mass is 16.3. The van der Waals surface area contributed by atoms with Crippen LogP contribution < -0.4 is 16.6 Å². The molecule has 5 N–H and O–H groups in total. The van der Waals surface area contributed by atoms with Crippen molar-refractivity contribution >= 4 is 11.6 Å². The van der Waals surface area contributed by atoms with Gasteiger partial charge in [0.2, 0.25) is 0 Å². The molecular formula is C13H20N4O2. The highest BCUT2D eigenvalue weighted by Gasteiger charge is 2.24. The van der Waals surface area contributed by atoms with Crippen LogP contribution in [0.5, 0.6) is 0 Å². The summed E-state index contributed by atoms with van der Waals surface area (Å²) in [5, 5.41) is 12.9. The molecule has 1 aromatic heterocycles.